The van der Waals surface area contributed by atoms with Gasteiger partial charge in [-0.2, -0.15) is 0 Å². The summed E-state index contributed by atoms with van der Waals surface area (Å²) in [7, 11) is -2.54. The summed E-state index contributed by atoms with van der Waals surface area (Å²) in [6.45, 7) is 3.16. The number of nitrogens with one attached hydrogen (secondary N) is 2. The van der Waals surface area contributed by atoms with Gasteiger partial charge in [0.25, 0.3) is 5.91 Å². The van der Waals surface area contributed by atoms with Crippen molar-refractivity contribution in [2.75, 3.05) is 13.7 Å². The number of carbonyl (C=O) groups is 3. The standard InChI is InChI=1S/C14H18N2O7S/c1-4-15-24(20,21)11-7-5-10(6-8-11)13(18)23-9(2)12(17)16-14(19)22-3/h5-9,15H,4H2,1-3H3,(H,16,17,19)/t9-/m1/s1. The predicted molar refractivity (Wildman–Crippen MR) is 82.7 cm³/mol. The maximum absolute atomic E-state index is 11.9. The van der Waals surface area contributed by atoms with Crippen LogP contribution in [0, 0.1) is 0 Å². The lowest BCUT2D eigenvalue weighted by molar-refractivity contribution is -0.128. The lowest BCUT2D eigenvalue weighted by atomic mass is 10.2. The summed E-state index contributed by atoms with van der Waals surface area (Å²) in [6, 6.07) is 5.01. The molecule has 0 aliphatic heterocycles. The summed E-state index contributed by atoms with van der Waals surface area (Å²) in [5.41, 5.74) is 0.0585. The van der Waals surface area contributed by atoms with E-state index in [9.17, 15) is 22.8 Å². The minimum Gasteiger partial charge on any atom is -0.453 e. The van der Waals surface area contributed by atoms with Crippen molar-refractivity contribution in [1.29, 1.82) is 0 Å². The first-order valence-electron chi connectivity index (χ1n) is 6.90. The first-order chi connectivity index (χ1) is 11.2. The van der Waals surface area contributed by atoms with E-state index in [1.54, 1.807) is 6.92 Å². The molecule has 2 amide bonds. The van der Waals surface area contributed by atoms with Crippen LogP contribution in [0.3, 0.4) is 0 Å². The normalized spacial score (nSPS) is 12.1. The Bertz CT molecular complexity index is 713. The van der Waals surface area contributed by atoms with Crippen molar-refractivity contribution < 1.29 is 32.3 Å². The van der Waals surface area contributed by atoms with Gasteiger partial charge in [-0.15, -0.1) is 0 Å². The van der Waals surface area contributed by atoms with Crippen LogP contribution >= 0.6 is 0 Å². The van der Waals surface area contributed by atoms with E-state index in [-0.39, 0.29) is 17.0 Å². The number of esters is 1. The average Bonchev–Trinajstić information content (AvgIpc) is 2.54. The second kappa shape index (κ2) is 8.41. The molecule has 0 heterocycles. The second-order valence-corrected chi connectivity index (χ2v) is 6.32. The van der Waals surface area contributed by atoms with E-state index in [1.807, 2.05) is 5.32 Å². The predicted octanol–water partition coefficient (Wildman–Crippen LogP) is 0.413. The monoisotopic (exact) mass is 358 g/mol. The molecule has 0 saturated carbocycles. The molecule has 132 valence electrons. The van der Waals surface area contributed by atoms with Crippen LogP contribution < -0.4 is 10.0 Å². The number of alkyl carbamates (subject to hydrolysis) is 1. The number of imide groups is 1. The molecule has 0 radical (unpaired) electrons. The minimum atomic E-state index is -3.62. The van der Waals surface area contributed by atoms with Crippen LogP contribution in [0.5, 0.6) is 0 Å². The Morgan fingerprint density at radius 3 is 2.25 bits per heavy atom. The SMILES string of the molecule is CCNS(=O)(=O)c1ccc(C(=O)O[C@H](C)C(=O)NC(=O)OC)cc1. The Balaban J connectivity index is 2.75. The summed E-state index contributed by atoms with van der Waals surface area (Å²) >= 11 is 0. The number of benzene rings is 1. The van der Waals surface area contributed by atoms with Gasteiger partial charge >= 0.3 is 12.1 Å². The minimum absolute atomic E-state index is 0.00242. The fourth-order valence-electron chi connectivity index (χ4n) is 1.58. The average molecular weight is 358 g/mol. The number of hydrogen-bond acceptors (Lipinski definition) is 7. The molecule has 10 heteroatoms. The quantitative estimate of drug-likeness (QED) is 0.705. The van der Waals surface area contributed by atoms with Crippen molar-refractivity contribution in [3.05, 3.63) is 29.8 Å². The second-order valence-electron chi connectivity index (χ2n) is 4.55. The summed E-state index contributed by atoms with van der Waals surface area (Å²) in [5.74, 6) is -1.68. The van der Waals surface area contributed by atoms with Gasteiger partial charge in [0.05, 0.1) is 17.6 Å². The van der Waals surface area contributed by atoms with Crippen LogP contribution in [0.1, 0.15) is 24.2 Å². The Morgan fingerprint density at radius 2 is 1.75 bits per heavy atom. The molecule has 0 bridgehead atoms. The smallest absolute Gasteiger partial charge is 0.413 e. The highest BCUT2D eigenvalue weighted by Crippen LogP contribution is 2.12. The van der Waals surface area contributed by atoms with Crippen molar-refractivity contribution in [3.63, 3.8) is 0 Å². The molecule has 24 heavy (non-hydrogen) atoms. The van der Waals surface area contributed by atoms with Gasteiger partial charge < -0.3 is 9.47 Å². The number of ether oxygens (including phenoxy) is 2. The Morgan fingerprint density at radius 1 is 1.17 bits per heavy atom. The molecular formula is C14H18N2O7S. The Hall–Kier alpha value is -2.46. The molecular weight excluding hydrogens is 340 g/mol. The Kier molecular flexibility index (Phi) is 6.86. The van der Waals surface area contributed by atoms with E-state index < -0.39 is 34.1 Å². The first kappa shape index (κ1) is 19.6. The van der Waals surface area contributed by atoms with E-state index in [2.05, 4.69) is 9.46 Å². The van der Waals surface area contributed by atoms with Crippen LogP contribution in [0.15, 0.2) is 29.2 Å². The first-order valence-corrected chi connectivity index (χ1v) is 8.39. The number of sulfonamides is 1. The van der Waals surface area contributed by atoms with Crippen molar-refractivity contribution in [2.45, 2.75) is 24.8 Å². The fourth-order valence-corrected chi connectivity index (χ4v) is 2.62. The van der Waals surface area contributed by atoms with E-state index in [0.717, 1.165) is 7.11 Å². The van der Waals surface area contributed by atoms with Gasteiger partial charge in [-0.3, -0.25) is 10.1 Å². The van der Waals surface area contributed by atoms with Crippen molar-refractivity contribution in [3.8, 4) is 0 Å². The van der Waals surface area contributed by atoms with Gasteiger partial charge in [0, 0.05) is 6.54 Å². The van der Waals surface area contributed by atoms with Crippen molar-refractivity contribution in [2.24, 2.45) is 0 Å². The lowest BCUT2D eigenvalue weighted by Crippen LogP contribution is -2.39. The molecule has 0 aliphatic carbocycles. The number of amides is 2. The van der Waals surface area contributed by atoms with E-state index in [4.69, 9.17) is 4.74 Å². The van der Waals surface area contributed by atoms with E-state index in [0.29, 0.717) is 0 Å². The van der Waals surface area contributed by atoms with Crippen LogP contribution in [0.4, 0.5) is 4.79 Å². The highest BCUT2D eigenvalue weighted by molar-refractivity contribution is 7.89. The molecule has 0 fully saturated rings. The third-order valence-electron chi connectivity index (χ3n) is 2.80. The van der Waals surface area contributed by atoms with E-state index >= 15 is 0 Å². The third-order valence-corrected chi connectivity index (χ3v) is 4.36. The zero-order valence-electron chi connectivity index (χ0n) is 13.4. The largest absolute Gasteiger partial charge is 0.453 e. The lowest BCUT2D eigenvalue weighted by Gasteiger charge is -2.12. The Labute approximate surface area is 139 Å². The van der Waals surface area contributed by atoms with Crippen LogP contribution in [-0.4, -0.2) is 46.1 Å². The maximum atomic E-state index is 11.9. The van der Waals surface area contributed by atoms with Crippen LogP contribution in [0.2, 0.25) is 0 Å². The zero-order chi connectivity index (χ0) is 18.3. The van der Waals surface area contributed by atoms with Gasteiger partial charge in [-0.1, -0.05) is 6.92 Å². The van der Waals surface area contributed by atoms with Gasteiger partial charge in [0.15, 0.2) is 6.10 Å². The highest BCUT2D eigenvalue weighted by atomic mass is 32.2. The molecule has 1 aromatic rings. The molecule has 0 aromatic heterocycles. The number of hydrogen-bond donors (Lipinski definition) is 2. The molecule has 1 rings (SSSR count). The topological polar surface area (TPSA) is 128 Å². The molecule has 1 aromatic carbocycles. The number of methoxy groups -OCH3 is 1. The fraction of sp³-hybridized carbons (Fsp3) is 0.357. The maximum Gasteiger partial charge on any atom is 0.413 e. The van der Waals surface area contributed by atoms with Crippen LogP contribution in [0.25, 0.3) is 0 Å². The molecule has 0 aliphatic rings. The molecule has 1 atom stereocenters. The highest BCUT2D eigenvalue weighted by Gasteiger charge is 2.21. The summed E-state index contributed by atoms with van der Waals surface area (Å²) in [4.78, 5) is 34.4. The summed E-state index contributed by atoms with van der Waals surface area (Å²) < 4.78 is 35.0. The summed E-state index contributed by atoms with van der Waals surface area (Å²) in [6.07, 6.45) is -2.21. The third kappa shape index (κ3) is 5.32. The number of carbonyl (C=O) groups excluding carboxylic acids is 3. The molecule has 0 unspecified atom stereocenters. The zero-order valence-corrected chi connectivity index (χ0v) is 14.2. The van der Waals surface area contributed by atoms with Crippen LogP contribution in [-0.2, 0) is 24.3 Å². The molecule has 2 N–H and O–H groups in total. The van der Waals surface area contributed by atoms with E-state index in [1.165, 1.54) is 31.2 Å². The molecule has 9 nitrogen and oxygen atoms in total. The molecule has 0 saturated heterocycles. The number of rotatable bonds is 6. The summed E-state index contributed by atoms with van der Waals surface area (Å²) in [5, 5.41) is 1.86. The van der Waals surface area contributed by atoms with Crippen molar-refractivity contribution >= 4 is 28.0 Å². The van der Waals surface area contributed by atoms with Gasteiger partial charge in [-0.25, -0.2) is 22.7 Å². The van der Waals surface area contributed by atoms with Gasteiger partial charge in [0.2, 0.25) is 10.0 Å². The van der Waals surface area contributed by atoms with Gasteiger partial charge in [-0.05, 0) is 31.2 Å². The van der Waals surface area contributed by atoms with Crippen molar-refractivity contribution in [1.82, 2.24) is 10.0 Å². The van der Waals surface area contributed by atoms with Gasteiger partial charge in [0.1, 0.15) is 0 Å². The molecule has 0 spiro atoms.